The summed E-state index contributed by atoms with van der Waals surface area (Å²) >= 11 is 0. The number of nitro groups is 1. The Hall–Kier alpha value is -3.29. The lowest BCUT2D eigenvalue weighted by Gasteiger charge is -2.11. The second-order valence-electron chi connectivity index (χ2n) is 4.21. The van der Waals surface area contributed by atoms with Gasteiger partial charge in [0.1, 0.15) is 5.82 Å². The quantitative estimate of drug-likeness (QED) is 0.676. The molecule has 0 radical (unpaired) electrons. The summed E-state index contributed by atoms with van der Waals surface area (Å²) in [5.74, 6) is -3.37. The average molecular weight is 303 g/mol. The number of carbonyl (C=O) groups excluding carboxylic acids is 2. The number of halogens is 1. The number of benzene rings is 2. The van der Waals surface area contributed by atoms with Crippen LogP contribution in [0.5, 0.6) is 0 Å². The molecule has 0 aliphatic carbocycles. The van der Waals surface area contributed by atoms with E-state index in [9.17, 15) is 29.2 Å². The van der Waals surface area contributed by atoms with Crippen molar-refractivity contribution in [3.63, 3.8) is 0 Å². The number of anilines is 1. The Morgan fingerprint density at radius 1 is 1.14 bits per heavy atom. The molecule has 1 amide bonds. The van der Waals surface area contributed by atoms with Crippen LogP contribution in [0.1, 0.15) is 20.7 Å². The molecule has 0 saturated carbocycles. The molecule has 2 aromatic carbocycles. The first-order valence-corrected chi connectivity index (χ1v) is 5.96. The van der Waals surface area contributed by atoms with Gasteiger partial charge in [0.05, 0.1) is 22.0 Å². The summed E-state index contributed by atoms with van der Waals surface area (Å²) in [5.41, 5.74) is -1.95. The molecule has 1 N–H and O–H groups in total. The van der Waals surface area contributed by atoms with Crippen LogP contribution in [0, 0.1) is 15.9 Å². The molecule has 0 aromatic heterocycles. The summed E-state index contributed by atoms with van der Waals surface area (Å²) in [7, 11) is 0. The number of amides is 1. The predicted molar refractivity (Wildman–Crippen MR) is 71.8 cm³/mol. The van der Waals surface area contributed by atoms with Crippen LogP contribution >= 0.6 is 0 Å². The van der Waals surface area contributed by atoms with Crippen molar-refractivity contribution in [3.05, 3.63) is 69.5 Å². The molecule has 0 spiro atoms. The zero-order valence-electron chi connectivity index (χ0n) is 10.9. The van der Waals surface area contributed by atoms with E-state index in [1.54, 1.807) is 0 Å². The van der Waals surface area contributed by atoms with Crippen molar-refractivity contribution in [1.29, 1.82) is 0 Å². The Morgan fingerprint density at radius 2 is 1.82 bits per heavy atom. The van der Waals surface area contributed by atoms with E-state index < -0.39 is 39.4 Å². The van der Waals surface area contributed by atoms with Gasteiger partial charge in [0, 0.05) is 11.8 Å². The summed E-state index contributed by atoms with van der Waals surface area (Å²) in [4.78, 5) is 33.1. The van der Waals surface area contributed by atoms with Crippen molar-refractivity contribution in [2.24, 2.45) is 0 Å². The maximum Gasteiger partial charge on any atom is 0.279 e. The number of carbonyl (C=O) groups is 2. The summed E-state index contributed by atoms with van der Waals surface area (Å²) in [6.07, 6.45) is 0. The number of aromatic carboxylic acids is 1. The highest BCUT2D eigenvalue weighted by molar-refractivity contribution is 6.11. The first-order valence-electron chi connectivity index (χ1n) is 5.96. The zero-order valence-corrected chi connectivity index (χ0v) is 10.9. The van der Waals surface area contributed by atoms with Gasteiger partial charge in [0.2, 0.25) is 0 Å². The molecule has 2 rings (SSSR count). The predicted octanol–water partition coefficient (Wildman–Crippen LogP) is 1.35. The Kier molecular flexibility index (Phi) is 4.12. The molecule has 0 heterocycles. The number of nitro benzene ring substituents is 1. The SMILES string of the molecule is O=C(Nc1cccc(F)c1)c1cccc([N+](=O)[O-])c1C(=O)[O-]. The van der Waals surface area contributed by atoms with E-state index in [-0.39, 0.29) is 5.69 Å². The summed E-state index contributed by atoms with van der Waals surface area (Å²) < 4.78 is 13.1. The molecule has 0 aliphatic heterocycles. The highest BCUT2D eigenvalue weighted by Gasteiger charge is 2.22. The molecule has 112 valence electrons. The third-order valence-corrected chi connectivity index (χ3v) is 2.77. The van der Waals surface area contributed by atoms with E-state index in [1.807, 2.05) is 0 Å². The molecular formula is C14H8FN2O5-. The van der Waals surface area contributed by atoms with Crippen LogP contribution < -0.4 is 10.4 Å². The zero-order chi connectivity index (χ0) is 16.3. The van der Waals surface area contributed by atoms with Gasteiger partial charge < -0.3 is 15.2 Å². The van der Waals surface area contributed by atoms with Gasteiger partial charge in [-0.25, -0.2) is 4.39 Å². The first kappa shape index (κ1) is 15.1. The molecule has 22 heavy (non-hydrogen) atoms. The summed E-state index contributed by atoms with van der Waals surface area (Å²) in [6, 6.07) is 8.14. The van der Waals surface area contributed by atoms with Crippen molar-refractivity contribution in [1.82, 2.24) is 0 Å². The summed E-state index contributed by atoms with van der Waals surface area (Å²) in [5, 5.41) is 24.2. The lowest BCUT2D eigenvalue weighted by Crippen LogP contribution is -2.27. The Bertz CT molecular complexity index is 776. The number of hydrogen-bond acceptors (Lipinski definition) is 5. The van der Waals surface area contributed by atoms with E-state index >= 15 is 0 Å². The fraction of sp³-hybridized carbons (Fsp3) is 0. The van der Waals surface area contributed by atoms with E-state index in [1.165, 1.54) is 18.2 Å². The average Bonchev–Trinajstić information content (AvgIpc) is 2.46. The van der Waals surface area contributed by atoms with Crippen LogP contribution in [-0.2, 0) is 0 Å². The fourth-order valence-corrected chi connectivity index (χ4v) is 1.86. The van der Waals surface area contributed by atoms with Gasteiger partial charge in [-0.05, 0) is 24.3 Å². The molecule has 0 bridgehead atoms. The maximum absolute atomic E-state index is 13.1. The van der Waals surface area contributed by atoms with E-state index in [0.29, 0.717) is 0 Å². The van der Waals surface area contributed by atoms with Crippen molar-refractivity contribution >= 4 is 23.3 Å². The monoisotopic (exact) mass is 303 g/mol. The molecule has 0 fully saturated rings. The summed E-state index contributed by atoms with van der Waals surface area (Å²) in [6.45, 7) is 0. The first-order chi connectivity index (χ1) is 10.4. The molecule has 0 unspecified atom stereocenters. The third kappa shape index (κ3) is 3.06. The lowest BCUT2D eigenvalue weighted by atomic mass is 10.0. The minimum atomic E-state index is -1.85. The van der Waals surface area contributed by atoms with Gasteiger partial charge in [-0.2, -0.15) is 0 Å². The second kappa shape index (κ2) is 6.00. The Morgan fingerprint density at radius 3 is 2.41 bits per heavy atom. The topological polar surface area (TPSA) is 112 Å². The second-order valence-corrected chi connectivity index (χ2v) is 4.21. The van der Waals surface area contributed by atoms with Crippen molar-refractivity contribution in [2.75, 3.05) is 5.32 Å². The molecular weight excluding hydrogens is 295 g/mol. The molecule has 0 saturated heterocycles. The largest absolute Gasteiger partial charge is 0.545 e. The van der Waals surface area contributed by atoms with Gasteiger partial charge >= 0.3 is 0 Å². The normalized spacial score (nSPS) is 10.0. The van der Waals surface area contributed by atoms with Crippen LogP contribution in [0.25, 0.3) is 0 Å². The third-order valence-electron chi connectivity index (χ3n) is 2.77. The van der Waals surface area contributed by atoms with E-state index in [2.05, 4.69) is 5.32 Å². The minimum absolute atomic E-state index is 0.0841. The Balaban J connectivity index is 2.43. The fourth-order valence-electron chi connectivity index (χ4n) is 1.86. The highest BCUT2D eigenvalue weighted by Crippen LogP contribution is 2.23. The molecule has 0 atom stereocenters. The van der Waals surface area contributed by atoms with Crippen LogP contribution in [0.3, 0.4) is 0 Å². The van der Waals surface area contributed by atoms with Gasteiger partial charge in [-0.1, -0.05) is 12.1 Å². The highest BCUT2D eigenvalue weighted by atomic mass is 19.1. The van der Waals surface area contributed by atoms with Gasteiger partial charge in [-0.3, -0.25) is 14.9 Å². The van der Waals surface area contributed by atoms with Gasteiger partial charge in [0.25, 0.3) is 11.6 Å². The van der Waals surface area contributed by atoms with Crippen molar-refractivity contribution < 1.29 is 24.0 Å². The van der Waals surface area contributed by atoms with Gasteiger partial charge in [0.15, 0.2) is 0 Å². The van der Waals surface area contributed by atoms with Crippen LogP contribution in [-0.4, -0.2) is 16.8 Å². The van der Waals surface area contributed by atoms with E-state index in [4.69, 9.17) is 0 Å². The molecule has 8 heteroatoms. The number of nitrogens with one attached hydrogen (secondary N) is 1. The number of hydrogen-bond donors (Lipinski definition) is 1. The van der Waals surface area contributed by atoms with Crippen molar-refractivity contribution in [2.45, 2.75) is 0 Å². The number of carboxylic acid groups (broad SMARTS) is 1. The Labute approximate surface area is 123 Å². The van der Waals surface area contributed by atoms with Gasteiger partial charge in [-0.15, -0.1) is 0 Å². The van der Waals surface area contributed by atoms with Crippen LogP contribution in [0.15, 0.2) is 42.5 Å². The number of rotatable bonds is 4. The standard InChI is InChI=1S/C14H9FN2O5/c15-8-3-1-4-9(7-8)16-13(18)10-5-2-6-11(17(21)22)12(10)14(19)20/h1-7H,(H,16,18)(H,19,20)/p-1. The van der Waals surface area contributed by atoms with Crippen LogP contribution in [0.2, 0.25) is 0 Å². The van der Waals surface area contributed by atoms with Crippen molar-refractivity contribution in [3.8, 4) is 0 Å². The maximum atomic E-state index is 13.1. The van der Waals surface area contributed by atoms with Crippen LogP contribution in [0.4, 0.5) is 15.8 Å². The smallest absolute Gasteiger partial charge is 0.279 e. The minimum Gasteiger partial charge on any atom is -0.545 e. The van der Waals surface area contributed by atoms with E-state index in [0.717, 1.165) is 24.3 Å². The molecule has 2 aromatic rings. The number of nitrogens with zero attached hydrogens (tertiary/aromatic N) is 1. The molecule has 0 aliphatic rings. The number of carboxylic acids is 1. The lowest BCUT2D eigenvalue weighted by molar-refractivity contribution is -0.385. The molecule has 7 nitrogen and oxygen atoms in total.